The Morgan fingerprint density at radius 1 is 1.11 bits per heavy atom. The average Bonchev–Trinajstić information content (AvgIpc) is 3.74. The first-order valence-electron chi connectivity index (χ1n) is 12.9. The smallest absolute Gasteiger partial charge is 0.394 e. The third kappa shape index (κ3) is 5.55. The molecule has 0 aromatic carbocycles. The number of nitrogens with two attached hydrogens (primary N) is 2. The van der Waals surface area contributed by atoms with E-state index in [0.717, 1.165) is 12.1 Å². The SMILES string of the molecule is C/C(=C\P(=O)(O)O[C@H]1[C@@H](F)[C@H](n2cnc3c(N)ncnc32)O[C@@H]1CO)[C@H]1O[C@@H](n2cnc3c(N)ncnc32)C[C@@H]1O[P+](=O)O. The number of anilines is 2. The summed E-state index contributed by atoms with van der Waals surface area (Å²) in [5.41, 5.74) is 12.7. The molecule has 2 aliphatic rings. The Kier molecular flexibility index (Phi) is 8.12. The van der Waals surface area contributed by atoms with Gasteiger partial charge >= 0.3 is 15.9 Å². The number of nitrogen functional groups attached to an aromatic ring is 2. The second kappa shape index (κ2) is 11.7. The zero-order valence-electron chi connectivity index (χ0n) is 22.6. The van der Waals surface area contributed by atoms with Gasteiger partial charge in [0.05, 0.1) is 19.3 Å². The van der Waals surface area contributed by atoms with Crippen LogP contribution in [0.15, 0.2) is 36.7 Å². The van der Waals surface area contributed by atoms with Crippen LogP contribution >= 0.6 is 15.9 Å². The third-order valence-electron chi connectivity index (χ3n) is 7.19. The lowest BCUT2D eigenvalue weighted by Crippen LogP contribution is -2.33. The van der Waals surface area contributed by atoms with Crippen LogP contribution in [0.2, 0.25) is 0 Å². The number of aliphatic hydroxyl groups excluding tert-OH is 1. The van der Waals surface area contributed by atoms with Crippen molar-refractivity contribution in [2.75, 3.05) is 18.1 Å². The van der Waals surface area contributed by atoms with Crippen LogP contribution in [0.4, 0.5) is 16.0 Å². The molecule has 2 fully saturated rings. The fourth-order valence-corrected chi connectivity index (χ4v) is 7.04. The van der Waals surface area contributed by atoms with Crippen molar-refractivity contribution in [3.63, 3.8) is 0 Å². The summed E-state index contributed by atoms with van der Waals surface area (Å²) in [4.78, 5) is 44.4. The molecule has 22 heteroatoms. The van der Waals surface area contributed by atoms with Crippen LogP contribution in [0, 0.1) is 0 Å². The van der Waals surface area contributed by atoms with Crippen LogP contribution in [0.5, 0.6) is 0 Å². The van der Waals surface area contributed by atoms with Gasteiger partial charge in [0.2, 0.25) is 0 Å². The number of hydrogen-bond acceptors (Lipinski definition) is 15. The van der Waals surface area contributed by atoms with Crippen molar-refractivity contribution in [2.24, 2.45) is 0 Å². The lowest BCUT2D eigenvalue weighted by Gasteiger charge is -2.22. The van der Waals surface area contributed by atoms with Crippen molar-refractivity contribution < 1.29 is 46.9 Å². The largest absolute Gasteiger partial charge is 0.695 e. The number of halogens is 1. The van der Waals surface area contributed by atoms with Gasteiger partial charge in [-0.2, -0.15) is 0 Å². The Morgan fingerprint density at radius 3 is 2.34 bits per heavy atom. The average molecular weight is 655 g/mol. The highest BCUT2D eigenvalue weighted by molar-refractivity contribution is 7.56. The van der Waals surface area contributed by atoms with E-state index in [1.165, 1.54) is 35.0 Å². The molecule has 19 nitrogen and oxygen atoms in total. The highest BCUT2D eigenvalue weighted by atomic mass is 31.2. The topological polar surface area (TPSA) is 271 Å². The Bertz CT molecular complexity index is 1810. The number of nitrogens with zero attached hydrogens (tertiary/aromatic N) is 8. The molecule has 0 amide bonds. The van der Waals surface area contributed by atoms with Crippen LogP contribution < -0.4 is 11.5 Å². The Labute approximate surface area is 247 Å². The van der Waals surface area contributed by atoms with Crippen molar-refractivity contribution >= 4 is 49.8 Å². The van der Waals surface area contributed by atoms with Crippen molar-refractivity contribution in [3.8, 4) is 0 Å². The summed E-state index contributed by atoms with van der Waals surface area (Å²) < 4.78 is 65.5. The van der Waals surface area contributed by atoms with Crippen LogP contribution in [-0.2, 0) is 27.7 Å². The molecule has 2 saturated heterocycles. The minimum absolute atomic E-state index is 0.0215. The van der Waals surface area contributed by atoms with Crippen LogP contribution in [0.1, 0.15) is 25.8 Å². The van der Waals surface area contributed by atoms with Gasteiger partial charge in [-0.05, 0) is 12.5 Å². The van der Waals surface area contributed by atoms with Gasteiger partial charge in [0.15, 0.2) is 41.4 Å². The summed E-state index contributed by atoms with van der Waals surface area (Å²) in [7, 11) is -7.86. The van der Waals surface area contributed by atoms with Gasteiger partial charge in [0.1, 0.15) is 48.2 Å². The number of rotatable bonds is 9. The van der Waals surface area contributed by atoms with Gasteiger partial charge in [-0.15, -0.1) is 9.42 Å². The van der Waals surface area contributed by atoms with Gasteiger partial charge in [0, 0.05) is 16.8 Å². The summed E-state index contributed by atoms with van der Waals surface area (Å²) in [6.07, 6.45) is -4.49. The minimum atomic E-state index is -4.77. The number of aliphatic hydroxyl groups is 1. The summed E-state index contributed by atoms with van der Waals surface area (Å²) in [5.74, 6) is 1.01. The molecule has 4 aromatic heterocycles. The van der Waals surface area contributed by atoms with Crippen molar-refractivity contribution in [3.05, 3.63) is 36.7 Å². The quantitative estimate of drug-likeness (QED) is 0.156. The van der Waals surface area contributed by atoms with Gasteiger partial charge in [-0.3, -0.25) is 18.2 Å². The van der Waals surface area contributed by atoms with E-state index in [2.05, 4.69) is 29.9 Å². The van der Waals surface area contributed by atoms with Gasteiger partial charge in [-0.25, -0.2) is 34.3 Å². The van der Waals surface area contributed by atoms with E-state index in [9.17, 15) is 24.0 Å². The first-order valence-corrected chi connectivity index (χ1v) is 15.7. The molecular weight excluding hydrogens is 629 g/mol. The summed E-state index contributed by atoms with van der Waals surface area (Å²) in [5, 5.41) is 9.87. The number of ether oxygens (including phenoxy) is 2. The maximum absolute atomic E-state index is 15.7. The molecule has 2 aliphatic heterocycles. The maximum atomic E-state index is 15.7. The molecule has 234 valence electrons. The predicted octanol–water partition coefficient (Wildman–Crippen LogP) is 0.855. The first-order chi connectivity index (χ1) is 21.0. The summed E-state index contributed by atoms with van der Waals surface area (Å²) in [6.45, 7) is 0.673. The minimum Gasteiger partial charge on any atom is -0.394 e. The molecule has 0 radical (unpaired) electrons. The van der Waals surface area contributed by atoms with Crippen LogP contribution in [-0.4, -0.2) is 91.1 Å². The van der Waals surface area contributed by atoms with Crippen molar-refractivity contribution in [2.45, 2.75) is 56.4 Å². The molecule has 6 rings (SSSR count). The molecule has 7 N–H and O–H groups in total. The molecule has 0 aliphatic carbocycles. The predicted molar refractivity (Wildman–Crippen MR) is 147 cm³/mol. The lowest BCUT2D eigenvalue weighted by atomic mass is 10.1. The lowest BCUT2D eigenvalue weighted by molar-refractivity contribution is -0.0439. The normalized spacial score (nSPS) is 29.4. The highest BCUT2D eigenvalue weighted by Crippen LogP contribution is 2.51. The maximum Gasteiger partial charge on any atom is 0.695 e. The van der Waals surface area contributed by atoms with E-state index in [0.29, 0.717) is 11.2 Å². The zero-order chi connectivity index (χ0) is 31.3. The van der Waals surface area contributed by atoms with Crippen LogP contribution in [0.25, 0.3) is 22.3 Å². The standard InChI is InChI=1S/C22H25FN10O9P2/c1-9(16-10(41-43(35)36)2-12(40-16)32-7-30-14-18(24)26-5-28-20(14)32)4-44(37,38)42-17-11(3-34)39-22(13(17)23)33-8-31-15-19(25)27-6-29-21(15)33/h4-8,10-13,16-17,22,34H,2-3H2,1H3,(H5-,24,25,26,27,28,29,35,36,37,38)/p+1/b9-4+/t10-,11+,12+,13+,16+,17+,22+/m0/s1. The summed E-state index contributed by atoms with van der Waals surface area (Å²) >= 11 is 0. The molecular formula is C22H26FN10O9P2+. The van der Waals surface area contributed by atoms with E-state index in [1.807, 2.05) is 0 Å². The number of imidazole rings is 2. The van der Waals surface area contributed by atoms with Crippen molar-refractivity contribution in [1.82, 2.24) is 39.0 Å². The first kappa shape index (κ1) is 30.4. The number of alkyl halides is 1. The molecule has 9 atom stereocenters. The van der Waals surface area contributed by atoms with E-state index in [4.69, 9.17) is 30.0 Å². The van der Waals surface area contributed by atoms with Gasteiger partial charge in [-0.1, -0.05) is 0 Å². The zero-order valence-corrected chi connectivity index (χ0v) is 24.4. The second-order valence-electron chi connectivity index (χ2n) is 9.99. The number of aromatic nitrogens is 8. The third-order valence-corrected chi connectivity index (χ3v) is 8.92. The molecule has 0 bridgehead atoms. The Balaban J connectivity index is 1.23. The van der Waals surface area contributed by atoms with E-state index < -0.39 is 65.5 Å². The van der Waals surface area contributed by atoms with Gasteiger partial charge < -0.3 is 30.9 Å². The monoisotopic (exact) mass is 655 g/mol. The number of fused-ring (bicyclic) bond motifs is 2. The van der Waals surface area contributed by atoms with E-state index in [1.54, 1.807) is 0 Å². The Morgan fingerprint density at radius 2 is 1.73 bits per heavy atom. The molecule has 44 heavy (non-hydrogen) atoms. The molecule has 0 saturated carbocycles. The van der Waals surface area contributed by atoms with Gasteiger partial charge in [0.25, 0.3) is 0 Å². The molecule has 4 aromatic rings. The highest BCUT2D eigenvalue weighted by Gasteiger charge is 2.50. The summed E-state index contributed by atoms with van der Waals surface area (Å²) in [6, 6.07) is 0. The number of hydrogen-bond donors (Lipinski definition) is 5. The van der Waals surface area contributed by atoms with E-state index >= 15 is 4.39 Å². The fourth-order valence-electron chi connectivity index (χ4n) is 5.29. The Hall–Kier alpha value is -3.58. The molecule has 2 unspecified atom stereocenters. The molecule has 6 heterocycles. The second-order valence-corrected chi connectivity index (χ2v) is 12.3. The van der Waals surface area contributed by atoms with E-state index in [-0.39, 0.29) is 34.8 Å². The fraction of sp³-hybridized carbons (Fsp3) is 0.455. The molecule has 0 spiro atoms. The van der Waals surface area contributed by atoms with Crippen molar-refractivity contribution in [1.29, 1.82) is 0 Å². The van der Waals surface area contributed by atoms with Crippen LogP contribution in [0.3, 0.4) is 0 Å².